The highest BCUT2D eigenvalue weighted by Crippen LogP contribution is 1.97. The summed E-state index contributed by atoms with van der Waals surface area (Å²) in [6.45, 7) is 7.04. The van der Waals surface area contributed by atoms with Gasteiger partial charge >= 0.3 is 0 Å². The smallest absolute Gasteiger partial charge is 0.222 e. The first-order chi connectivity index (χ1) is 7.47. The van der Waals surface area contributed by atoms with Crippen molar-refractivity contribution < 1.29 is 9.59 Å². The fraction of sp³-hybridized carbons (Fsp3) is 0.818. The van der Waals surface area contributed by atoms with Gasteiger partial charge in [0.25, 0.3) is 0 Å². The van der Waals surface area contributed by atoms with Crippen molar-refractivity contribution in [3.8, 4) is 0 Å². The molecule has 4 N–H and O–H groups in total. The van der Waals surface area contributed by atoms with Crippen molar-refractivity contribution in [3.63, 3.8) is 0 Å². The van der Waals surface area contributed by atoms with Crippen LogP contribution in [-0.2, 0) is 9.59 Å². The molecular formula is C11H23N3O2. The lowest BCUT2D eigenvalue weighted by Crippen LogP contribution is -2.37. The van der Waals surface area contributed by atoms with E-state index < -0.39 is 0 Å². The molecule has 0 rings (SSSR count). The number of hydrogen-bond acceptors (Lipinski definition) is 3. The Morgan fingerprint density at radius 1 is 1.12 bits per heavy atom. The van der Waals surface area contributed by atoms with Crippen LogP contribution < -0.4 is 16.4 Å². The van der Waals surface area contributed by atoms with Crippen molar-refractivity contribution in [2.24, 2.45) is 17.6 Å². The van der Waals surface area contributed by atoms with Crippen LogP contribution in [0.3, 0.4) is 0 Å². The number of hydrogen-bond donors (Lipinski definition) is 3. The molecule has 0 aromatic rings. The van der Waals surface area contributed by atoms with E-state index in [0.717, 1.165) is 0 Å². The number of rotatable bonds is 7. The summed E-state index contributed by atoms with van der Waals surface area (Å²) >= 11 is 0. The van der Waals surface area contributed by atoms with Crippen LogP contribution in [0.2, 0.25) is 0 Å². The van der Waals surface area contributed by atoms with Gasteiger partial charge in [0.2, 0.25) is 11.8 Å². The second-order valence-corrected chi connectivity index (χ2v) is 4.34. The molecule has 1 unspecified atom stereocenters. The minimum atomic E-state index is -0.0204. The SMILES string of the molecule is CC(CN)CC(=O)NCCNC(=O)C(C)C. The third-order valence-electron chi connectivity index (χ3n) is 2.21. The molecule has 0 heterocycles. The molecule has 0 aromatic heterocycles. The molecule has 94 valence electrons. The van der Waals surface area contributed by atoms with Gasteiger partial charge in [-0.3, -0.25) is 9.59 Å². The Balaban J connectivity index is 3.52. The molecule has 0 aromatic carbocycles. The molecule has 2 amide bonds. The lowest BCUT2D eigenvalue weighted by atomic mass is 10.1. The molecule has 0 aliphatic carbocycles. The van der Waals surface area contributed by atoms with E-state index in [2.05, 4.69) is 10.6 Å². The zero-order valence-corrected chi connectivity index (χ0v) is 10.4. The first-order valence-electron chi connectivity index (χ1n) is 5.71. The maximum atomic E-state index is 11.3. The molecule has 0 fully saturated rings. The van der Waals surface area contributed by atoms with Crippen LogP contribution in [0.15, 0.2) is 0 Å². The van der Waals surface area contributed by atoms with Crippen molar-refractivity contribution in [1.29, 1.82) is 0 Å². The Bertz CT molecular complexity index is 229. The average molecular weight is 229 g/mol. The highest BCUT2D eigenvalue weighted by atomic mass is 16.2. The van der Waals surface area contributed by atoms with Crippen LogP contribution in [0, 0.1) is 11.8 Å². The zero-order valence-electron chi connectivity index (χ0n) is 10.4. The summed E-state index contributed by atoms with van der Waals surface area (Å²) < 4.78 is 0. The normalized spacial score (nSPS) is 12.3. The van der Waals surface area contributed by atoms with Crippen molar-refractivity contribution in [2.75, 3.05) is 19.6 Å². The van der Waals surface area contributed by atoms with Gasteiger partial charge in [-0.15, -0.1) is 0 Å². The largest absolute Gasteiger partial charge is 0.354 e. The van der Waals surface area contributed by atoms with Crippen molar-refractivity contribution in [2.45, 2.75) is 27.2 Å². The summed E-state index contributed by atoms with van der Waals surface area (Å²) in [5.74, 6) is 0.166. The van der Waals surface area contributed by atoms with Crippen LogP contribution >= 0.6 is 0 Å². The van der Waals surface area contributed by atoms with Crippen LogP contribution in [0.4, 0.5) is 0 Å². The monoisotopic (exact) mass is 229 g/mol. The molecule has 5 heteroatoms. The molecule has 16 heavy (non-hydrogen) atoms. The predicted molar refractivity (Wildman–Crippen MR) is 63.7 cm³/mol. The predicted octanol–water partition coefficient (Wildman–Crippen LogP) is -0.140. The van der Waals surface area contributed by atoms with Gasteiger partial charge in [-0.2, -0.15) is 0 Å². The third kappa shape index (κ3) is 7.23. The van der Waals surface area contributed by atoms with Crippen LogP contribution in [-0.4, -0.2) is 31.4 Å². The molecule has 0 saturated carbocycles. The van der Waals surface area contributed by atoms with Crippen LogP contribution in [0.5, 0.6) is 0 Å². The minimum absolute atomic E-state index is 0.00424. The Hall–Kier alpha value is -1.10. The van der Waals surface area contributed by atoms with E-state index in [4.69, 9.17) is 5.73 Å². The summed E-state index contributed by atoms with van der Waals surface area (Å²) in [6, 6.07) is 0. The molecule has 0 bridgehead atoms. The summed E-state index contributed by atoms with van der Waals surface area (Å²) in [5.41, 5.74) is 5.41. The minimum Gasteiger partial charge on any atom is -0.354 e. The van der Waals surface area contributed by atoms with Gasteiger partial charge in [-0.25, -0.2) is 0 Å². The molecular weight excluding hydrogens is 206 g/mol. The molecule has 5 nitrogen and oxygen atoms in total. The Labute approximate surface area is 97.2 Å². The lowest BCUT2D eigenvalue weighted by molar-refractivity contribution is -0.125. The summed E-state index contributed by atoms with van der Waals surface area (Å²) in [4.78, 5) is 22.5. The summed E-state index contributed by atoms with van der Waals surface area (Å²) in [7, 11) is 0. The van der Waals surface area contributed by atoms with E-state index in [9.17, 15) is 9.59 Å². The fourth-order valence-corrected chi connectivity index (χ4v) is 1.06. The molecule has 0 saturated heterocycles. The van der Waals surface area contributed by atoms with E-state index in [1.54, 1.807) is 0 Å². The fourth-order valence-electron chi connectivity index (χ4n) is 1.06. The maximum Gasteiger partial charge on any atom is 0.222 e. The second-order valence-electron chi connectivity index (χ2n) is 4.34. The Morgan fingerprint density at radius 2 is 1.69 bits per heavy atom. The van der Waals surface area contributed by atoms with E-state index in [-0.39, 0.29) is 23.7 Å². The Morgan fingerprint density at radius 3 is 2.19 bits per heavy atom. The zero-order chi connectivity index (χ0) is 12.6. The molecule has 0 aliphatic rings. The van der Waals surface area contributed by atoms with Crippen molar-refractivity contribution in [1.82, 2.24) is 10.6 Å². The van der Waals surface area contributed by atoms with Crippen molar-refractivity contribution >= 4 is 11.8 Å². The molecule has 0 aliphatic heterocycles. The number of amides is 2. The van der Waals surface area contributed by atoms with E-state index in [1.165, 1.54) is 0 Å². The first-order valence-corrected chi connectivity index (χ1v) is 5.71. The number of nitrogens with two attached hydrogens (primary N) is 1. The Kier molecular flexibility index (Phi) is 7.54. The van der Waals surface area contributed by atoms with Gasteiger partial charge in [-0.1, -0.05) is 20.8 Å². The maximum absolute atomic E-state index is 11.3. The number of carbonyl (C=O) groups is 2. The van der Waals surface area contributed by atoms with Gasteiger partial charge in [0.15, 0.2) is 0 Å². The van der Waals surface area contributed by atoms with E-state index in [1.807, 2.05) is 20.8 Å². The second kappa shape index (κ2) is 8.10. The summed E-state index contributed by atoms with van der Waals surface area (Å²) in [5, 5.41) is 5.46. The highest BCUT2D eigenvalue weighted by molar-refractivity contribution is 5.78. The van der Waals surface area contributed by atoms with Gasteiger partial charge in [-0.05, 0) is 12.5 Å². The van der Waals surface area contributed by atoms with Gasteiger partial charge < -0.3 is 16.4 Å². The standard InChI is InChI=1S/C11H23N3O2/c1-8(2)11(16)14-5-4-13-10(15)6-9(3)7-12/h8-9H,4-7,12H2,1-3H3,(H,13,15)(H,14,16). The molecule has 1 atom stereocenters. The van der Waals surface area contributed by atoms with Gasteiger partial charge in [0, 0.05) is 25.4 Å². The third-order valence-corrected chi connectivity index (χ3v) is 2.21. The van der Waals surface area contributed by atoms with E-state index in [0.29, 0.717) is 26.1 Å². The molecule has 0 radical (unpaired) electrons. The first kappa shape index (κ1) is 14.9. The lowest BCUT2D eigenvalue weighted by Gasteiger charge is -2.10. The average Bonchev–Trinajstić information content (AvgIpc) is 2.23. The number of carbonyl (C=O) groups excluding carboxylic acids is 2. The highest BCUT2D eigenvalue weighted by Gasteiger charge is 2.08. The quantitative estimate of drug-likeness (QED) is 0.531. The van der Waals surface area contributed by atoms with Gasteiger partial charge in [0.05, 0.1) is 0 Å². The van der Waals surface area contributed by atoms with Gasteiger partial charge in [0.1, 0.15) is 0 Å². The van der Waals surface area contributed by atoms with Crippen molar-refractivity contribution in [3.05, 3.63) is 0 Å². The van der Waals surface area contributed by atoms with Crippen LogP contribution in [0.25, 0.3) is 0 Å². The molecule has 0 spiro atoms. The topological polar surface area (TPSA) is 84.2 Å². The number of nitrogens with one attached hydrogen (secondary N) is 2. The van der Waals surface area contributed by atoms with Crippen LogP contribution in [0.1, 0.15) is 27.2 Å². The summed E-state index contributed by atoms with van der Waals surface area (Å²) in [6.07, 6.45) is 0.439. The van der Waals surface area contributed by atoms with E-state index >= 15 is 0 Å².